The van der Waals surface area contributed by atoms with Gasteiger partial charge in [0.05, 0.1) is 6.04 Å². The molecule has 3 amide bonds. The minimum atomic E-state index is -1.80. The zero-order valence-corrected chi connectivity index (χ0v) is 22.8. The van der Waals surface area contributed by atoms with Crippen molar-refractivity contribution in [1.29, 1.82) is 0 Å². The quantitative estimate of drug-likeness (QED) is 0.177. The molecule has 1 aliphatic rings. The SMILES string of the molecule is CC(C)(F)CC(NC(=O)[C@H](N)Cc1ccccc1)C(=O)N[C@H](CCCCN)C(=O)N1CCC(N)(C(=O)O)CC1. The number of amides is 3. The number of nitrogens with zero attached hydrogens (tertiary/aromatic N) is 1. The van der Waals surface area contributed by atoms with E-state index in [1.165, 1.54) is 18.7 Å². The molecule has 11 nitrogen and oxygen atoms in total. The van der Waals surface area contributed by atoms with Crippen LogP contribution in [0.1, 0.15) is 57.9 Å². The van der Waals surface area contributed by atoms with Gasteiger partial charge in [0.1, 0.15) is 23.3 Å². The van der Waals surface area contributed by atoms with Gasteiger partial charge in [0.2, 0.25) is 17.7 Å². The minimum Gasteiger partial charge on any atom is -0.480 e. The predicted octanol–water partition coefficient (Wildman–Crippen LogP) is 0.198. The average molecular weight is 551 g/mol. The molecule has 1 fully saturated rings. The van der Waals surface area contributed by atoms with E-state index in [2.05, 4.69) is 10.6 Å². The number of nitrogens with two attached hydrogens (primary N) is 3. The molecule has 0 bridgehead atoms. The molecule has 1 aromatic carbocycles. The number of carbonyl (C=O) groups excluding carboxylic acids is 3. The Balaban J connectivity index is 2.13. The Kier molecular flexibility index (Phi) is 11.8. The lowest BCUT2D eigenvalue weighted by molar-refractivity contribution is -0.148. The molecule has 1 heterocycles. The topological polar surface area (TPSA) is 194 Å². The third-order valence-corrected chi connectivity index (χ3v) is 6.91. The number of carboxylic acids is 1. The Labute approximate surface area is 229 Å². The van der Waals surface area contributed by atoms with Crippen LogP contribution in [-0.2, 0) is 25.6 Å². The number of carbonyl (C=O) groups is 4. The number of nitrogens with one attached hydrogen (secondary N) is 2. The van der Waals surface area contributed by atoms with Gasteiger partial charge in [-0.25, -0.2) is 4.39 Å². The van der Waals surface area contributed by atoms with E-state index in [1.807, 2.05) is 30.3 Å². The third-order valence-electron chi connectivity index (χ3n) is 6.91. The van der Waals surface area contributed by atoms with Gasteiger partial charge in [0, 0.05) is 19.5 Å². The lowest BCUT2D eigenvalue weighted by Crippen LogP contribution is -2.60. The summed E-state index contributed by atoms with van der Waals surface area (Å²) < 4.78 is 14.7. The first-order valence-electron chi connectivity index (χ1n) is 13.4. The van der Waals surface area contributed by atoms with Crippen molar-refractivity contribution in [2.24, 2.45) is 17.2 Å². The van der Waals surface area contributed by atoms with Crippen LogP contribution in [0.15, 0.2) is 30.3 Å². The van der Waals surface area contributed by atoms with Crippen LogP contribution in [-0.4, -0.2) is 82.7 Å². The molecular formula is C27H43FN6O5. The number of rotatable bonds is 14. The third kappa shape index (κ3) is 10.2. The van der Waals surface area contributed by atoms with Gasteiger partial charge in [-0.1, -0.05) is 30.3 Å². The molecule has 3 atom stereocenters. The minimum absolute atomic E-state index is 0.0750. The zero-order valence-electron chi connectivity index (χ0n) is 22.8. The van der Waals surface area contributed by atoms with Crippen molar-refractivity contribution in [2.75, 3.05) is 19.6 Å². The number of alkyl halides is 1. The number of likely N-dealkylation sites (tertiary alicyclic amines) is 1. The molecule has 1 saturated heterocycles. The van der Waals surface area contributed by atoms with Gasteiger partial charge in [-0.2, -0.15) is 0 Å². The van der Waals surface area contributed by atoms with Gasteiger partial charge in [0.15, 0.2) is 0 Å². The summed E-state index contributed by atoms with van der Waals surface area (Å²) in [5, 5.41) is 14.6. The Morgan fingerprint density at radius 3 is 2.18 bits per heavy atom. The second-order valence-electron chi connectivity index (χ2n) is 10.9. The fourth-order valence-corrected chi connectivity index (χ4v) is 4.52. The van der Waals surface area contributed by atoms with Crippen molar-refractivity contribution >= 4 is 23.7 Å². The standard InChI is InChI=1S/C27H43FN6O5/c1-26(2,28)17-21(33-22(35)19(30)16-18-8-4-3-5-9-18)23(36)32-20(10-6-7-13-29)24(37)34-14-11-27(31,12-15-34)25(38)39/h3-5,8-9,19-21H,6-7,10-17,29-31H2,1-2H3,(H,32,36)(H,33,35)(H,38,39)/t19-,20-,21?/m1/s1. The summed E-state index contributed by atoms with van der Waals surface area (Å²) in [4.78, 5) is 52.5. The summed E-state index contributed by atoms with van der Waals surface area (Å²) in [5.74, 6) is -2.83. The van der Waals surface area contributed by atoms with Gasteiger partial charge in [-0.05, 0) is 64.5 Å². The van der Waals surface area contributed by atoms with Crippen LogP contribution in [0.25, 0.3) is 0 Å². The molecule has 1 aromatic rings. The number of aliphatic carboxylic acids is 1. The summed E-state index contributed by atoms with van der Waals surface area (Å²) in [6, 6.07) is 5.94. The first kappa shape index (κ1) is 32.1. The lowest BCUT2D eigenvalue weighted by atomic mass is 9.88. The van der Waals surface area contributed by atoms with Crippen LogP contribution in [0.3, 0.4) is 0 Å². The number of hydrogen-bond acceptors (Lipinski definition) is 7. The highest BCUT2D eigenvalue weighted by molar-refractivity contribution is 5.93. The lowest BCUT2D eigenvalue weighted by Gasteiger charge is -2.38. The number of piperidine rings is 1. The fraction of sp³-hybridized carbons (Fsp3) is 0.630. The number of carboxylic acid groups (broad SMARTS) is 1. The first-order chi connectivity index (χ1) is 18.3. The van der Waals surface area contributed by atoms with Crippen LogP contribution in [0.5, 0.6) is 0 Å². The second kappa shape index (κ2) is 14.3. The van der Waals surface area contributed by atoms with E-state index in [0.717, 1.165) is 5.56 Å². The smallest absolute Gasteiger partial charge is 0.323 e. The van der Waals surface area contributed by atoms with Crippen molar-refractivity contribution in [3.63, 3.8) is 0 Å². The van der Waals surface area contributed by atoms with Gasteiger partial charge in [0.25, 0.3) is 0 Å². The second-order valence-corrected chi connectivity index (χ2v) is 10.9. The van der Waals surface area contributed by atoms with Crippen molar-refractivity contribution in [3.05, 3.63) is 35.9 Å². The van der Waals surface area contributed by atoms with E-state index < -0.39 is 53.0 Å². The summed E-state index contributed by atoms with van der Waals surface area (Å²) in [6.07, 6.45) is 1.50. The molecule has 12 heteroatoms. The summed E-state index contributed by atoms with van der Waals surface area (Å²) in [7, 11) is 0. The number of halogens is 1. The maximum Gasteiger partial charge on any atom is 0.323 e. The van der Waals surface area contributed by atoms with Crippen molar-refractivity contribution in [3.8, 4) is 0 Å². The average Bonchev–Trinajstić information content (AvgIpc) is 2.87. The highest BCUT2D eigenvalue weighted by atomic mass is 19.1. The number of hydrogen-bond donors (Lipinski definition) is 6. The molecule has 1 unspecified atom stereocenters. The van der Waals surface area contributed by atoms with E-state index >= 15 is 0 Å². The molecule has 1 aliphatic heterocycles. The molecule has 39 heavy (non-hydrogen) atoms. The molecule has 2 rings (SSSR count). The van der Waals surface area contributed by atoms with Crippen molar-refractivity contribution in [1.82, 2.24) is 15.5 Å². The maximum atomic E-state index is 14.7. The normalized spacial score (nSPS) is 17.5. The van der Waals surface area contributed by atoms with Crippen LogP contribution < -0.4 is 27.8 Å². The van der Waals surface area contributed by atoms with Crippen LogP contribution >= 0.6 is 0 Å². The van der Waals surface area contributed by atoms with Gasteiger partial charge < -0.3 is 37.8 Å². The van der Waals surface area contributed by atoms with Crippen molar-refractivity contribution in [2.45, 2.75) is 88.1 Å². The monoisotopic (exact) mass is 550 g/mol. The summed E-state index contributed by atoms with van der Waals surface area (Å²) in [5.41, 5.74) is 15.2. The predicted molar refractivity (Wildman–Crippen MR) is 145 cm³/mol. The Morgan fingerprint density at radius 2 is 1.64 bits per heavy atom. The van der Waals surface area contributed by atoms with Gasteiger partial charge in [-0.15, -0.1) is 0 Å². The number of unbranched alkanes of at least 4 members (excludes halogenated alkanes) is 1. The molecule has 9 N–H and O–H groups in total. The summed E-state index contributed by atoms with van der Waals surface area (Å²) in [6.45, 7) is 3.24. The molecule has 0 radical (unpaired) electrons. The van der Waals surface area contributed by atoms with Crippen LogP contribution in [0, 0.1) is 0 Å². The molecule has 0 aliphatic carbocycles. The Bertz CT molecular complexity index is 979. The van der Waals surface area contributed by atoms with E-state index in [-0.39, 0.29) is 45.2 Å². The fourth-order valence-electron chi connectivity index (χ4n) is 4.52. The Morgan fingerprint density at radius 1 is 1.05 bits per heavy atom. The molecule has 0 spiro atoms. The zero-order chi connectivity index (χ0) is 29.2. The van der Waals surface area contributed by atoms with Gasteiger partial charge in [-0.3, -0.25) is 19.2 Å². The van der Waals surface area contributed by atoms with Crippen molar-refractivity contribution < 1.29 is 28.7 Å². The Hall–Kier alpha value is -3.09. The largest absolute Gasteiger partial charge is 0.480 e. The van der Waals surface area contributed by atoms with Crippen LogP contribution in [0.4, 0.5) is 4.39 Å². The van der Waals surface area contributed by atoms with E-state index in [1.54, 1.807) is 0 Å². The highest BCUT2D eigenvalue weighted by Gasteiger charge is 2.40. The van der Waals surface area contributed by atoms with E-state index in [0.29, 0.717) is 19.4 Å². The first-order valence-corrected chi connectivity index (χ1v) is 13.4. The highest BCUT2D eigenvalue weighted by Crippen LogP contribution is 2.22. The number of benzene rings is 1. The summed E-state index contributed by atoms with van der Waals surface area (Å²) >= 11 is 0. The molecular weight excluding hydrogens is 507 g/mol. The molecule has 218 valence electrons. The molecule has 0 saturated carbocycles. The maximum absolute atomic E-state index is 14.7. The molecule has 0 aromatic heterocycles. The van der Waals surface area contributed by atoms with E-state index in [9.17, 15) is 28.7 Å². The van der Waals surface area contributed by atoms with E-state index in [4.69, 9.17) is 17.2 Å². The van der Waals surface area contributed by atoms with Gasteiger partial charge >= 0.3 is 5.97 Å². The van der Waals surface area contributed by atoms with Crippen LogP contribution in [0.2, 0.25) is 0 Å².